The highest BCUT2D eigenvalue weighted by Gasteiger charge is 2.22. The van der Waals surface area contributed by atoms with Crippen LogP contribution >= 0.6 is 11.3 Å². The van der Waals surface area contributed by atoms with Gasteiger partial charge in [0.15, 0.2) is 0 Å². The van der Waals surface area contributed by atoms with Crippen LogP contribution in [0.15, 0.2) is 70.3 Å². The minimum absolute atomic E-state index is 0.242. The Morgan fingerprint density at radius 2 is 1.71 bits per heavy atom. The standard InChI is InChI=1S/C19H17N3O4S2/c1-22(28(25,26)17-6-3-11-27-17)16-9-7-13(8-10-16)19(24)21-15-5-2-4-14(12-15)18(20)23/h2-12H,1H3,(H2,20,23)(H,21,24). The third kappa shape index (κ3) is 4.05. The molecule has 0 fully saturated rings. The molecule has 3 aromatic rings. The number of rotatable bonds is 6. The number of carbonyl (C=O) groups is 2. The second-order valence-electron chi connectivity index (χ2n) is 5.85. The van der Waals surface area contributed by atoms with Gasteiger partial charge in [-0.2, -0.15) is 0 Å². The summed E-state index contributed by atoms with van der Waals surface area (Å²) >= 11 is 1.14. The SMILES string of the molecule is CN(c1ccc(C(=O)Nc2cccc(C(N)=O)c2)cc1)S(=O)(=O)c1cccs1. The topological polar surface area (TPSA) is 110 Å². The smallest absolute Gasteiger partial charge is 0.273 e. The van der Waals surface area contributed by atoms with E-state index in [2.05, 4.69) is 5.32 Å². The molecule has 7 nitrogen and oxygen atoms in total. The number of carbonyl (C=O) groups excluding carboxylic acids is 2. The number of hydrogen-bond acceptors (Lipinski definition) is 5. The molecule has 3 rings (SSSR count). The first-order chi connectivity index (χ1) is 13.3. The Morgan fingerprint density at radius 3 is 2.32 bits per heavy atom. The van der Waals surface area contributed by atoms with Crippen LogP contribution < -0.4 is 15.4 Å². The molecule has 0 aliphatic carbocycles. The molecule has 0 bridgehead atoms. The molecule has 9 heteroatoms. The summed E-state index contributed by atoms with van der Waals surface area (Å²) < 4.78 is 26.5. The van der Waals surface area contributed by atoms with Gasteiger partial charge in [0.05, 0.1) is 5.69 Å². The van der Waals surface area contributed by atoms with Crippen LogP contribution in [0.5, 0.6) is 0 Å². The molecule has 0 saturated carbocycles. The van der Waals surface area contributed by atoms with Gasteiger partial charge in [-0.05, 0) is 53.9 Å². The number of anilines is 2. The molecule has 0 saturated heterocycles. The van der Waals surface area contributed by atoms with Gasteiger partial charge < -0.3 is 11.1 Å². The molecular formula is C19H17N3O4S2. The van der Waals surface area contributed by atoms with Crippen molar-refractivity contribution in [2.24, 2.45) is 5.73 Å². The van der Waals surface area contributed by atoms with Crippen molar-refractivity contribution in [2.75, 3.05) is 16.7 Å². The number of sulfonamides is 1. The summed E-state index contributed by atoms with van der Waals surface area (Å²) in [6.45, 7) is 0. The van der Waals surface area contributed by atoms with Crippen molar-refractivity contribution in [3.63, 3.8) is 0 Å². The van der Waals surface area contributed by atoms with E-state index in [4.69, 9.17) is 5.73 Å². The summed E-state index contributed by atoms with van der Waals surface area (Å²) in [6.07, 6.45) is 0. The lowest BCUT2D eigenvalue weighted by atomic mass is 10.1. The first-order valence-corrected chi connectivity index (χ1v) is 10.4. The van der Waals surface area contributed by atoms with Gasteiger partial charge in [0.1, 0.15) is 4.21 Å². The van der Waals surface area contributed by atoms with E-state index in [1.54, 1.807) is 47.8 Å². The summed E-state index contributed by atoms with van der Waals surface area (Å²) in [4.78, 5) is 23.6. The number of benzene rings is 2. The molecule has 0 unspecified atom stereocenters. The van der Waals surface area contributed by atoms with E-state index in [1.165, 1.54) is 25.2 Å². The summed E-state index contributed by atoms with van der Waals surface area (Å²) in [7, 11) is -2.18. The molecule has 1 aromatic heterocycles. The van der Waals surface area contributed by atoms with Gasteiger partial charge in [-0.15, -0.1) is 11.3 Å². The predicted molar refractivity (Wildman–Crippen MR) is 109 cm³/mol. The third-order valence-corrected chi connectivity index (χ3v) is 7.17. The van der Waals surface area contributed by atoms with Crippen molar-refractivity contribution >= 4 is 44.5 Å². The highest BCUT2D eigenvalue weighted by atomic mass is 32.2. The number of thiophene rings is 1. The second-order valence-corrected chi connectivity index (χ2v) is 8.99. The molecule has 1 heterocycles. The Morgan fingerprint density at radius 1 is 1.00 bits per heavy atom. The van der Waals surface area contributed by atoms with Crippen LogP contribution in [0, 0.1) is 0 Å². The van der Waals surface area contributed by atoms with Crippen LogP contribution in [0.2, 0.25) is 0 Å². The maximum absolute atomic E-state index is 12.6. The molecule has 28 heavy (non-hydrogen) atoms. The van der Waals surface area contributed by atoms with Crippen molar-refractivity contribution in [3.05, 3.63) is 77.2 Å². The van der Waals surface area contributed by atoms with Crippen LogP contribution in [0.1, 0.15) is 20.7 Å². The van der Waals surface area contributed by atoms with Crippen molar-refractivity contribution in [1.29, 1.82) is 0 Å². The third-order valence-electron chi connectivity index (χ3n) is 4.01. The van der Waals surface area contributed by atoms with Crippen molar-refractivity contribution in [1.82, 2.24) is 0 Å². The maximum Gasteiger partial charge on any atom is 0.273 e. The van der Waals surface area contributed by atoms with Gasteiger partial charge in [0.25, 0.3) is 15.9 Å². The Bertz CT molecular complexity index is 1110. The average Bonchev–Trinajstić information content (AvgIpc) is 3.23. The molecule has 3 N–H and O–H groups in total. The largest absolute Gasteiger partial charge is 0.366 e. The van der Waals surface area contributed by atoms with E-state index in [1.807, 2.05) is 0 Å². The van der Waals surface area contributed by atoms with E-state index < -0.39 is 21.8 Å². The molecule has 144 valence electrons. The number of nitrogens with one attached hydrogen (secondary N) is 1. The van der Waals surface area contributed by atoms with E-state index >= 15 is 0 Å². The molecule has 2 aromatic carbocycles. The van der Waals surface area contributed by atoms with Gasteiger partial charge in [0.2, 0.25) is 5.91 Å². The zero-order valence-corrected chi connectivity index (χ0v) is 16.5. The van der Waals surface area contributed by atoms with Gasteiger partial charge in [-0.25, -0.2) is 8.42 Å². The van der Waals surface area contributed by atoms with E-state index in [-0.39, 0.29) is 9.77 Å². The molecule has 0 radical (unpaired) electrons. The molecule has 0 spiro atoms. The van der Waals surface area contributed by atoms with Gasteiger partial charge in [-0.3, -0.25) is 13.9 Å². The lowest BCUT2D eigenvalue weighted by molar-refractivity contribution is 0.0996. The molecule has 0 aliphatic heterocycles. The first-order valence-electron chi connectivity index (χ1n) is 8.13. The lowest BCUT2D eigenvalue weighted by Crippen LogP contribution is -2.25. The van der Waals surface area contributed by atoms with Crippen LogP contribution in [0.3, 0.4) is 0 Å². The Hall–Kier alpha value is -3.17. The van der Waals surface area contributed by atoms with Crippen molar-refractivity contribution < 1.29 is 18.0 Å². The fourth-order valence-corrected chi connectivity index (χ4v) is 4.82. The second kappa shape index (κ2) is 7.83. The molecule has 0 atom stereocenters. The lowest BCUT2D eigenvalue weighted by Gasteiger charge is -2.18. The minimum Gasteiger partial charge on any atom is -0.366 e. The highest BCUT2D eigenvalue weighted by Crippen LogP contribution is 2.25. The van der Waals surface area contributed by atoms with E-state index in [0.717, 1.165) is 15.6 Å². The zero-order chi connectivity index (χ0) is 20.3. The van der Waals surface area contributed by atoms with E-state index in [0.29, 0.717) is 16.9 Å². The summed E-state index contributed by atoms with van der Waals surface area (Å²) in [5.41, 5.74) is 6.73. The molecule has 0 aliphatic rings. The number of primary amides is 1. The highest BCUT2D eigenvalue weighted by molar-refractivity contribution is 7.94. The van der Waals surface area contributed by atoms with Crippen LogP contribution in [-0.4, -0.2) is 27.3 Å². The number of nitrogens with two attached hydrogens (primary N) is 1. The average molecular weight is 415 g/mol. The quantitative estimate of drug-likeness (QED) is 0.645. The first kappa shape index (κ1) is 19.6. The number of amides is 2. The fraction of sp³-hybridized carbons (Fsp3) is 0.0526. The van der Waals surface area contributed by atoms with E-state index in [9.17, 15) is 18.0 Å². The van der Waals surface area contributed by atoms with Gasteiger partial charge in [0, 0.05) is 23.9 Å². The van der Waals surface area contributed by atoms with Crippen LogP contribution in [-0.2, 0) is 10.0 Å². The summed E-state index contributed by atoms with van der Waals surface area (Å²) in [5.74, 6) is -0.979. The zero-order valence-electron chi connectivity index (χ0n) is 14.8. The van der Waals surface area contributed by atoms with Crippen molar-refractivity contribution in [3.8, 4) is 0 Å². The number of hydrogen-bond donors (Lipinski definition) is 2. The summed E-state index contributed by atoms with van der Waals surface area (Å²) in [6, 6.07) is 15.7. The fourth-order valence-electron chi connectivity index (χ4n) is 2.46. The predicted octanol–water partition coefficient (Wildman–Crippen LogP) is 2.92. The van der Waals surface area contributed by atoms with Gasteiger partial charge >= 0.3 is 0 Å². The summed E-state index contributed by atoms with van der Waals surface area (Å²) in [5, 5.41) is 4.37. The molecular weight excluding hydrogens is 398 g/mol. The maximum atomic E-state index is 12.6. The Balaban J connectivity index is 1.76. The molecule has 2 amide bonds. The monoisotopic (exact) mass is 415 g/mol. The van der Waals surface area contributed by atoms with Crippen LogP contribution in [0.4, 0.5) is 11.4 Å². The normalized spacial score (nSPS) is 11.0. The Kier molecular flexibility index (Phi) is 5.48. The van der Waals surface area contributed by atoms with Crippen LogP contribution in [0.25, 0.3) is 0 Å². The number of nitrogens with zero attached hydrogens (tertiary/aromatic N) is 1. The van der Waals surface area contributed by atoms with Crippen molar-refractivity contribution in [2.45, 2.75) is 4.21 Å². The van der Waals surface area contributed by atoms with Gasteiger partial charge in [-0.1, -0.05) is 12.1 Å². The minimum atomic E-state index is -3.64. The Labute approximate surface area is 166 Å².